The lowest BCUT2D eigenvalue weighted by Gasteiger charge is -2.16. The van der Waals surface area contributed by atoms with E-state index in [1.54, 1.807) is 12.1 Å². The first-order valence-corrected chi connectivity index (χ1v) is 14.9. The molecule has 1 atom stereocenters. The third-order valence-electron chi connectivity index (χ3n) is 6.98. The van der Waals surface area contributed by atoms with Gasteiger partial charge in [0.15, 0.2) is 6.10 Å². The number of hydrogen-bond acceptors (Lipinski definition) is 5. The topological polar surface area (TPSA) is 57.7 Å². The zero-order chi connectivity index (χ0) is 30.2. The van der Waals surface area contributed by atoms with Crippen molar-refractivity contribution in [2.45, 2.75) is 83.9 Å². The molecule has 0 radical (unpaired) electrons. The van der Waals surface area contributed by atoms with Crippen LogP contribution in [0.5, 0.6) is 5.75 Å². The molecule has 0 saturated heterocycles. The first-order valence-electron chi connectivity index (χ1n) is 14.9. The van der Waals surface area contributed by atoms with Gasteiger partial charge in [-0.3, -0.25) is 4.98 Å². The molecule has 0 spiro atoms. The van der Waals surface area contributed by atoms with Gasteiger partial charge in [-0.1, -0.05) is 69.4 Å². The van der Waals surface area contributed by atoms with Crippen LogP contribution in [0.25, 0.3) is 22.4 Å². The number of carbonyl (C=O) groups is 1. The smallest absolute Gasteiger partial charge is 0.414 e. The highest BCUT2D eigenvalue weighted by molar-refractivity contribution is 5.90. The summed E-state index contributed by atoms with van der Waals surface area (Å²) in [5.74, 6) is 0.469. The lowest BCUT2D eigenvalue weighted by Crippen LogP contribution is -2.28. The van der Waals surface area contributed by atoms with E-state index in [0.717, 1.165) is 54.5 Å². The van der Waals surface area contributed by atoms with Crippen LogP contribution in [0.2, 0.25) is 0 Å². The van der Waals surface area contributed by atoms with Crippen molar-refractivity contribution in [1.29, 1.82) is 0 Å². The summed E-state index contributed by atoms with van der Waals surface area (Å²) in [6.07, 6.45) is 4.46. The fourth-order valence-corrected chi connectivity index (χ4v) is 4.31. The van der Waals surface area contributed by atoms with Gasteiger partial charge < -0.3 is 14.2 Å². The molecular formula is C34H42F3NO4. The van der Waals surface area contributed by atoms with Gasteiger partial charge in [-0.15, -0.1) is 0 Å². The molecule has 2 aromatic carbocycles. The number of esters is 1. The number of ether oxygens (including phenoxy) is 3. The molecule has 3 aromatic rings. The number of unbranched alkanes of at least 4 members (excludes halogenated alkanes) is 7. The summed E-state index contributed by atoms with van der Waals surface area (Å²) in [6.45, 7) is 4.28. The molecule has 0 aliphatic heterocycles. The first-order chi connectivity index (χ1) is 20.3. The molecule has 5 nitrogen and oxygen atoms in total. The number of rotatable bonds is 18. The summed E-state index contributed by atoms with van der Waals surface area (Å²) in [6, 6.07) is 19.2. The molecule has 0 N–H and O–H groups in total. The number of hydrogen-bond donors (Lipinski definition) is 0. The quantitative estimate of drug-likeness (QED) is 0.110. The van der Waals surface area contributed by atoms with Crippen LogP contribution in [-0.2, 0) is 9.47 Å². The van der Waals surface area contributed by atoms with Crippen LogP contribution in [0.1, 0.15) is 82.0 Å². The molecule has 0 aliphatic rings. The zero-order valence-corrected chi connectivity index (χ0v) is 24.6. The highest BCUT2D eigenvalue weighted by Gasteiger charge is 2.36. The Morgan fingerprint density at radius 3 is 1.95 bits per heavy atom. The van der Waals surface area contributed by atoms with E-state index in [4.69, 9.17) is 14.2 Å². The van der Waals surface area contributed by atoms with Crippen LogP contribution in [0.15, 0.2) is 66.9 Å². The van der Waals surface area contributed by atoms with Crippen LogP contribution in [0.3, 0.4) is 0 Å². The minimum absolute atomic E-state index is 0.0618. The van der Waals surface area contributed by atoms with Crippen molar-refractivity contribution < 1.29 is 32.2 Å². The number of benzene rings is 2. The minimum Gasteiger partial charge on any atom is -0.494 e. The van der Waals surface area contributed by atoms with E-state index in [1.165, 1.54) is 25.7 Å². The van der Waals surface area contributed by atoms with Crippen LogP contribution in [0.4, 0.5) is 13.2 Å². The van der Waals surface area contributed by atoms with Crippen molar-refractivity contribution in [3.8, 4) is 28.1 Å². The average molecular weight is 586 g/mol. The van der Waals surface area contributed by atoms with Gasteiger partial charge in [0.1, 0.15) is 5.75 Å². The molecule has 0 saturated carbocycles. The van der Waals surface area contributed by atoms with Crippen LogP contribution in [0, 0.1) is 0 Å². The lowest BCUT2D eigenvalue weighted by molar-refractivity contribution is -0.214. The molecule has 0 bridgehead atoms. The van der Waals surface area contributed by atoms with Gasteiger partial charge in [0.05, 0.1) is 24.5 Å². The van der Waals surface area contributed by atoms with Gasteiger partial charge in [0.2, 0.25) is 0 Å². The normalized spacial score (nSPS) is 12.2. The summed E-state index contributed by atoms with van der Waals surface area (Å²) in [7, 11) is 0. The Morgan fingerprint density at radius 1 is 0.738 bits per heavy atom. The first kappa shape index (κ1) is 33.1. The number of pyridine rings is 1. The van der Waals surface area contributed by atoms with Gasteiger partial charge in [-0.05, 0) is 68.5 Å². The van der Waals surface area contributed by atoms with Crippen molar-refractivity contribution in [3.05, 3.63) is 72.4 Å². The van der Waals surface area contributed by atoms with E-state index >= 15 is 0 Å². The van der Waals surface area contributed by atoms with Gasteiger partial charge >= 0.3 is 12.1 Å². The summed E-state index contributed by atoms with van der Waals surface area (Å²) >= 11 is 0. The largest absolute Gasteiger partial charge is 0.494 e. The van der Waals surface area contributed by atoms with Gasteiger partial charge in [0, 0.05) is 23.9 Å². The summed E-state index contributed by atoms with van der Waals surface area (Å²) < 4.78 is 53.2. The van der Waals surface area contributed by atoms with Gasteiger partial charge in [-0.2, -0.15) is 13.2 Å². The third-order valence-corrected chi connectivity index (χ3v) is 6.98. The van der Waals surface area contributed by atoms with Crippen molar-refractivity contribution >= 4 is 5.97 Å². The SMILES string of the molecule is CCCCCCCOc1ccc(-c2ccc(-c3ccc(C(=O)OCCCCCCOC(C)C(F)(F)F)cc3)nc2)cc1. The van der Waals surface area contributed by atoms with E-state index < -0.39 is 18.2 Å². The van der Waals surface area contributed by atoms with E-state index in [9.17, 15) is 18.0 Å². The van der Waals surface area contributed by atoms with E-state index in [2.05, 4.69) is 11.9 Å². The van der Waals surface area contributed by atoms with Crippen LogP contribution in [-0.4, -0.2) is 43.1 Å². The highest BCUT2D eigenvalue weighted by Crippen LogP contribution is 2.25. The lowest BCUT2D eigenvalue weighted by atomic mass is 10.0. The predicted molar refractivity (Wildman–Crippen MR) is 160 cm³/mol. The molecular weight excluding hydrogens is 543 g/mol. The molecule has 8 heteroatoms. The Labute approximate surface area is 247 Å². The second-order valence-electron chi connectivity index (χ2n) is 10.4. The van der Waals surface area contributed by atoms with Gasteiger partial charge in [-0.25, -0.2) is 4.79 Å². The van der Waals surface area contributed by atoms with Crippen molar-refractivity contribution in [1.82, 2.24) is 4.98 Å². The van der Waals surface area contributed by atoms with Gasteiger partial charge in [0.25, 0.3) is 0 Å². The Kier molecular flexibility index (Phi) is 13.8. The molecule has 228 valence electrons. The maximum absolute atomic E-state index is 12.4. The fourth-order valence-electron chi connectivity index (χ4n) is 4.31. The Bertz CT molecular complexity index is 1180. The summed E-state index contributed by atoms with van der Waals surface area (Å²) in [4.78, 5) is 17.0. The number of alkyl halides is 3. The number of nitrogens with zero attached hydrogens (tertiary/aromatic N) is 1. The average Bonchev–Trinajstić information content (AvgIpc) is 3.00. The standard InChI is InChI=1S/C34H42F3NO4/c1-3-4-5-6-10-23-41-31-19-16-27(17-20-31)30-18-21-32(38-25-30)28-12-14-29(15-13-28)33(39)42-24-11-8-7-9-22-40-26(2)34(35,36)37/h12-21,25-26H,3-11,22-24H2,1-2H3. The fraction of sp³-hybridized carbons (Fsp3) is 0.471. The Hall–Kier alpha value is -3.39. The number of carbonyl (C=O) groups excluding carboxylic acids is 1. The molecule has 0 fully saturated rings. The highest BCUT2D eigenvalue weighted by atomic mass is 19.4. The predicted octanol–water partition coefficient (Wildman–Crippen LogP) is 9.45. The summed E-state index contributed by atoms with van der Waals surface area (Å²) in [5.41, 5.74) is 4.21. The van der Waals surface area contributed by atoms with E-state index in [-0.39, 0.29) is 13.2 Å². The second-order valence-corrected chi connectivity index (χ2v) is 10.4. The second kappa shape index (κ2) is 17.5. The molecule has 1 unspecified atom stereocenters. The minimum atomic E-state index is -4.33. The maximum atomic E-state index is 12.4. The number of halogens is 3. The maximum Gasteiger partial charge on any atom is 0.414 e. The Morgan fingerprint density at radius 2 is 1.33 bits per heavy atom. The number of aromatic nitrogens is 1. The summed E-state index contributed by atoms with van der Waals surface area (Å²) in [5, 5.41) is 0. The van der Waals surface area contributed by atoms with E-state index in [0.29, 0.717) is 24.8 Å². The zero-order valence-electron chi connectivity index (χ0n) is 24.6. The van der Waals surface area contributed by atoms with Crippen molar-refractivity contribution in [3.63, 3.8) is 0 Å². The molecule has 0 aliphatic carbocycles. The third kappa shape index (κ3) is 11.5. The van der Waals surface area contributed by atoms with Crippen LogP contribution >= 0.6 is 0 Å². The molecule has 1 aromatic heterocycles. The molecule has 42 heavy (non-hydrogen) atoms. The monoisotopic (exact) mass is 585 g/mol. The van der Waals surface area contributed by atoms with E-state index in [1.807, 2.05) is 54.7 Å². The van der Waals surface area contributed by atoms with Crippen molar-refractivity contribution in [2.75, 3.05) is 19.8 Å². The molecule has 0 amide bonds. The van der Waals surface area contributed by atoms with Crippen molar-refractivity contribution in [2.24, 2.45) is 0 Å². The molecule has 1 heterocycles. The van der Waals surface area contributed by atoms with Crippen LogP contribution < -0.4 is 4.74 Å². The molecule has 3 rings (SSSR count). The Balaban J connectivity index is 1.37.